The van der Waals surface area contributed by atoms with Crippen molar-refractivity contribution in [3.8, 4) is 0 Å². The second-order valence-electron chi connectivity index (χ2n) is 5.05. The third kappa shape index (κ3) is 4.36. The fraction of sp³-hybridized carbons (Fsp3) is 0.200. The Balaban J connectivity index is 2.25. The number of aromatic nitrogens is 2. The number of nitrogens with one attached hydrogen (secondary N) is 2. The number of carboxylic acid groups (broad SMARTS) is 1. The number of carbonyl (C=O) groups is 2. The molecule has 26 heavy (non-hydrogen) atoms. The number of aliphatic carboxylic acids is 1. The Morgan fingerprint density at radius 3 is 2.62 bits per heavy atom. The second-order valence-corrected chi connectivity index (χ2v) is 6.24. The minimum Gasteiger partial charge on any atom is -0.549 e. The summed E-state index contributed by atoms with van der Waals surface area (Å²) in [5.74, 6) is -4.93. The first kappa shape index (κ1) is 19.4. The van der Waals surface area contributed by atoms with Crippen LogP contribution in [0.3, 0.4) is 0 Å². The van der Waals surface area contributed by atoms with Crippen LogP contribution in [0.1, 0.15) is 23.7 Å². The van der Waals surface area contributed by atoms with Crippen molar-refractivity contribution in [3.63, 3.8) is 0 Å². The number of rotatable bonds is 6. The van der Waals surface area contributed by atoms with E-state index in [0.717, 1.165) is 23.9 Å². The Labute approximate surface area is 149 Å². The molecule has 1 aromatic heterocycles. The van der Waals surface area contributed by atoms with Crippen molar-refractivity contribution >= 4 is 35.1 Å². The average Bonchev–Trinajstić information content (AvgIpc) is 2.57. The zero-order valence-electron chi connectivity index (χ0n) is 13.3. The van der Waals surface area contributed by atoms with Crippen molar-refractivity contribution in [2.45, 2.75) is 23.8 Å². The molecule has 1 heterocycles. The maximum atomic E-state index is 13.2. The standard InChI is InChI=1S/C15H14F2N4O4S/c1-2-9(14(24)25)26-15-20-11(18)10(13(23)21-15)19-12(22)6-3-4-7(16)8(17)5-6/h3-5,9H,2H2,1H3,(H,19,22)(H,24,25)(H3,18,20,21,23)/p-1/t9-/m1/s1. The number of aromatic amines is 1. The molecule has 138 valence electrons. The fourth-order valence-corrected chi connectivity index (χ4v) is 2.74. The van der Waals surface area contributed by atoms with Crippen LogP contribution in [0.4, 0.5) is 20.3 Å². The zero-order valence-corrected chi connectivity index (χ0v) is 14.2. The van der Waals surface area contributed by atoms with Crippen LogP contribution in [-0.4, -0.2) is 27.1 Å². The van der Waals surface area contributed by atoms with E-state index < -0.39 is 40.0 Å². The van der Waals surface area contributed by atoms with Crippen molar-refractivity contribution in [2.24, 2.45) is 0 Å². The summed E-state index contributed by atoms with van der Waals surface area (Å²) in [6.45, 7) is 1.62. The third-order valence-electron chi connectivity index (χ3n) is 3.23. The molecule has 0 saturated heterocycles. The van der Waals surface area contributed by atoms with Gasteiger partial charge in [0.25, 0.3) is 11.5 Å². The normalized spacial score (nSPS) is 11.8. The lowest BCUT2D eigenvalue weighted by Crippen LogP contribution is -2.33. The molecule has 0 unspecified atom stereocenters. The molecule has 0 saturated carbocycles. The van der Waals surface area contributed by atoms with Crippen LogP contribution in [0.5, 0.6) is 0 Å². The Bertz CT molecular complexity index is 919. The number of hydrogen-bond donors (Lipinski definition) is 3. The first-order chi connectivity index (χ1) is 12.2. The van der Waals surface area contributed by atoms with Crippen molar-refractivity contribution < 1.29 is 23.5 Å². The SMILES string of the molecule is CC[C@@H](Sc1nc(N)c(NC(=O)c2ccc(F)c(F)c2)c(=O)[nH]1)C(=O)[O-]. The molecule has 1 aromatic carbocycles. The van der Waals surface area contributed by atoms with Crippen LogP contribution in [-0.2, 0) is 4.79 Å². The van der Waals surface area contributed by atoms with Crippen LogP contribution >= 0.6 is 11.8 Å². The monoisotopic (exact) mass is 383 g/mol. The van der Waals surface area contributed by atoms with Crippen LogP contribution in [0.25, 0.3) is 0 Å². The predicted molar refractivity (Wildman–Crippen MR) is 88.5 cm³/mol. The number of carbonyl (C=O) groups excluding carboxylic acids is 2. The van der Waals surface area contributed by atoms with Gasteiger partial charge in [-0.25, -0.2) is 13.8 Å². The van der Waals surface area contributed by atoms with Crippen molar-refractivity contribution in [1.29, 1.82) is 0 Å². The number of thioether (sulfide) groups is 1. The zero-order chi connectivity index (χ0) is 19.4. The Hall–Kier alpha value is -2.95. The maximum Gasteiger partial charge on any atom is 0.277 e. The lowest BCUT2D eigenvalue weighted by atomic mass is 10.2. The quantitative estimate of drug-likeness (QED) is 0.487. The molecule has 0 aliphatic carbocycles. The minimum absolute atomic E-state index is 0.0608. The smallest absolute Gasteiger partial charge is 0.277 e. The third-order valence-corrected chi connectivity index (χ3v) is 4.46. The first-order valence-corrected chi connectivity index (χ1v) is 8.14. The summed E-state index contributed by atoms with van der Waals surface area (Å²) in [7, 11) is 0. The summed E-state index contributed by atoms with van der Waals surface area (Å²) in [5.41, 5.74) is 4.18. The van der Waals surface area contributed by atoms with Gasteiger partial charge in [-0.2, -0.15) is 0 Å². The number of carboxylic acids is 1. The molecule has 0 aliphatic heterocycles. The van der Waals surface area contributed by atoms with Crippen LogP contribution in [0.15, 0.2) is 28.2 Å². The minimum atomic E-state index is -1.32. The highest BCUT2D eigenvalue weighted by Crippen LogP contribution is 2.23. The number of nitrogens with zero attached hydrogens (tertiary/aromatic N) is 1. The van der Waals surface area contributed by atoms with E-state index in [1.165, 1.54) is 0 Å². The number of nitrogens with two attached hydrogens (primary N) is 1. The van der Waals surface area contributed by atoms with Gasteiger partial charge < -0.3 is 21.0 Å². The molecule has 0 spiro atoms. The molecule has 11 heteroatoms. The van der Waals surface area contributed by atoms with Gasteiger partial charge in [0.2, 0.25) is 0 Å². The number of nitrogen functional groups attached to an aromatic ring is 1. The summed E-state index contributed by atoms with van der Waals surface area (Å²) < 4.78 is 26.1. The number of anilines is 2. The van der Waals surface area contributed by atoms with Gasteiger partial charge >= 0.3 is 0 Å². The van der Waals surface area contributed by atoms with Crippen molar-refractivity contribution in [3.05, 3.63) is 45.8 Å². The fourth-order valence-electron chi connectivity index (χ4n) is 1.90. The lowest BCUT2D eigenvalue weighted by Gasteiger charge is -2.15. The largest absolute Gasteiger partial charge is 0.549 e. The maximum absolute atomic E-state index is 13.2. The molecule has 0 fully saturated rings. The highest BCUT2D eigenvalue weighted by Gasteiger charge is 2.17. The number of benzene rings is 1. The summed E-state index contributed by atoms with van der Waals surface area (Å²) in [6.07, 6.45) is 0.227. The number of hydrogen-bond acceptors (Lipinski definition) is 7. The van der Waals surface area contributed by atoms with Gasteiger partial charge in [0, 0.05) is 5.56 Å². The Kier molecular flexibility index (Phi) is 5.93. The highest BCUT2D eigenvalue weighted by molar-refractivity contribution is 8.00. The van der Waals surface area contributed by atoms with Gasteiger partial charge in [-0.05, 0) is 24.6 Å². The molecule has 0 radical (unpaired) electrons. The summed E-state index contributed by atoms with van der Waals surface area (Å²) in [4.78, 5) is 41.2. The number of amides is 1. The molecule has 2 rings (SSSR count). The topological polar surface area (TPSA) is 141 Å². The molecule has 8 nitrogen and oxygen atoms in total. The van der Waals surface area contributed by atoms with Gasteiger partial charge in [0.1, 0.15) is 5.69 Å². The van der Waals surface area contributed by atoms with Crippen LogP contribution in [0.2, 0.25) is 0 Å². The second kappa shape index (κ2) is 7.95. The predicted octanol–water partition coefficient (Wildman–Crippen LogP) is 0.503. The summed E-state index contributed by atoms with van der Waals surface area (Å²) >= 11 is 0.740. The van der Waals surface area contributed by atoms with E-state index in [1.54, 1.807) is 6.92 Å². The molecule has 0 bridgehead atoms. The molecule has 4 N–H and O–H groups in total. The van der Waals surface area contributed by atoms with Crippen molar-refractivity contribution in [1.82, 2.24) is 9.97 Å². The number of H-pyrrole nitrogens is 1. The highest BCUT2D eigenvalue weighted by atomic mass is 32.2. The lowest BCUT2D eigenvalue weighted by molar-refractivity contribution is -0.304. The summed E-state index contributed by atoms with van der Waals surface area (Å²) in [5, 5.41) is 12.1. The summed E-state index contributed by atoms with van der Waals surface area (Å²) in [6, 6.07) is 2.46. The molecular formula is C15H13F2N4O4S-. The van der Waals surface area contributed by atoms with Gasteiger partial charge in [-0.1, -0.05) is 18.7 Å². The van der Waals surface area contributed by atoms with Gasteiger partial charge in [-0.3, -0.25) is 14.6 Å². The van der Waals surface area contributed by atoms with Crippen molar-refractivity contribution in [2.75, 3.05) is 11.1 Å². The van der Waals surface area contributed by atoms with E-state index in [4.69, 9.17) is 5.73 Å². The van der Waals surface area contributed by atoms with E-state index in [-0.39, 0.29) is 23.0 Å². The first-order valence-electron chi connectivity index (χ1n) is 7.26. The molecule has 2 aromatic rings. The van der Waals surface area contributed by atoms with E-state index in [0.29, 0.717) is 6.07 Å². The van der Waals surface area contributed by atoms with Gasteiger partial charge in [0.15, 0.2) is 22.6 Å². The molecular weight excluding hydrogens is 370 g/mol. The van der Waals surface area contributed by atoms with Gasteiger partial charge in [-0.15, -0.1) is 0 Å². The average molecular weight is 383 g/mol. The molecule has 1 atom stereocenters. The van der Waals surface area contributed by atoms with E-state index in [9.17, 15) is 28.3 Å². The molecule has 1 amide bonds. The Morgan fingerprint density at radius 1 is 1.38 bits per heavy atom. The van der Waals surface area contributed by atoms with E-state index >= 15 is 0 Å². The van der Waals surface area contributed by atoms with E-state index in [2.05, 4.69) is 15.3 Å². The number of halogens is 2. The van der Waals surface area contributed by atoms with E-state index in [1.807, 2.05) is 0 Å². The molecule has 0 aliphatic rings. The Morgan fingerprint density at radius 2 is 2.08 bits per heavy atom. The van der Waals surface area contributed by atoms with Gasteiger partial charge in [0.05, 0.1) is 11.2 Å². The van der Waals surface area contributed by atoms with Crippen LogP contribution < -0.4 is 21.7 Å². The van der Waals surface area contributed by atoms with Crippen LogP contribution in [0, 0.1) is 11.6 Å².